The van der Waals surface area contributed by atoms with Crippen molar-refractivity contribution in [2.24, 2.45) is 7.05 Å². The molecular weight excluding hydrogens is 230 g/mol. The number of hydrogen-bond acceptors (Lipinski definition) is 3. The second-order valence-electron chi connectivity index (χ2n) is 4.32. The van der Waals surface area contributed by atoms with Gasteiger partial charge >= 0.3 is 5.97 Å². The minimum Gasteiger partial charge on any atom is -0.481 e. The monoisotopic (exact) mass is 247 g/mol. The third kappa shape index (κ3) is 3.07. The molecule has 18 heavy (non-hydrogen) atoms. The van der Waals surface area contributed by atoms with Gasteiger partial charge in [0, 0.05) is 13.6 Å². The van der Waals surface area contributed by atoms with E-state index in [0.717, 1.165) is 24.0 Å². The third-order valence-corrected chi connectivity index (χ3v) is 2.90. The van der Waals surface area contributed by atoms with Crippen molar-refractivity contribution < 1.29 is 9.90 Å². The van der Waals surface area contributed by atoms with Crippen LogP contribution >= 0.6 is 0 Å². The van der Waals surface area contributed by atoms with E-state index in [9.17, 15) is 4.79 Å². The summed E-state index contributed by atoms with van der Waals surface area (Å²) in [6.45, 7) is 1.30. The van der Waals surface area contributed by atoms with Crippen molar-refractivity contribution in [3.8, 4) is 0 Å². The predicted octanol–water partition coefficient (Wildman–Crippen LogP) is 1.18. The van der Waals surface area contributed by atoms with Crippen molar-refractivity contribution in [1.82, 2.24) is 14.9 Å². The van der Waals surface area contributed by atoms with E-state index in [1.54, 1.807) is 6.33 Å². The molecule has 96 valence electrons. The van der Waals surface area contributed by atoms with Gasteiger partial charge in [0.25, 0.3) is 0 Å². The van der Waals surface area contributed by atoms with Crippen molar-refractivity contribution in [2.45, 2.75) is 12.8 Å². The minimum absolute atomic E-state index is 0.166. The van der Waals surface area contributed by atoms with Crippen LogP contribution in [0.15, 0.2) is 24.5 Å². The van der Waals surface area contributed by atoms with Crippen LogP contribution in [0, 0.1) is 0 Å². The highest BCUT2D eigenvalue weighted by atomic mass is 16.4. The number of fused-ring (bicyclic) bond motifs is 1. The molecule has 0 aliphatic heterocycles. The Morgan fingerprint density at radius 2 is 2.28 bits per heavy atom. The van der Waals surface area contributed by atoms with E-state index in [2.05, 4.69) is 28.5 Å². The second-order valence-corrected chi connectivity index (χ2v) is 4.32. The number of nitrogens with one attached hydrogen (secondary N) is 1. The molecule has 1 heterocycles. The van der Waals surface area contributed by atoms with E-state index >= 15 is 0 Å². The lowest BCUT2D eigenvalue weighted by Gasteiger charge is -2.03. The van der Waals surface area contributed by atoms with Gasteiger partial charge in [0.1, 0.15) is 0 Å². The van der Waals surface area contributed by atoms with Crippen LogP contribution in [-0.4, -0.2) is 33.7 Å². The molecule has 0 aliphatic carbocycles. The van der Waals surface area contributed by atoms with Crippen LogP contribution in [-0.2, 0) is 18.3 Å². The highest BCUT2D eigenvalue weighted by molar-refractivity contribution is 5.75. The van der Waals surface area contributed by atoms with Crippen molar-refractivity contribution in [3.63, 3.8) is 0 Å². The zero-order valence-corrected chi connectivity index (χ0v) is 10.4. The molecule has 0 fully saturated rings. The molecule has 0 saturated heterocycles. The summed E-state index contributed by atoms with van der Waals surface area (Å²) < 4.78 is 1.99. The van der Waals surface area contributed by atoms with Crippen LogP contribution in [0.25, 0.3) is 11.0 Å². The highest BCUT2D eigenvalue weighted by Gasteiger charge is 2.01. The number of nitrogens with zero attached hydrogens (tertiary/aromatic N) is 2. The Morgan fingerprint density at radius 3 is 3.06 bits per heavy atom. The van der Waals surface area contributed by atoms with Gasteiger partial charge in [-0.25, -0.2) is 4.98 Å². The summed E-state index contributed by atoms with van der Waals surface area (Å²) in [5, 5.41) is 11.6. The van der Waals surface area contributed by atoms with Gasteiger partial charge in [-0.05, 0) is 30.7 Å². The van der Waals surface area contributed by atoms with E-state index in [1.807, 2.05) is 11.6 Å². The third-order valence-electron chi connectivity index (χ3n) is 2.90. The molecule has 0 aliphatic rings. The molecule has 2 aromatic rings. The van der Waals surface area contributed by atoms with Gasteiger partial charge in [-0.1, -0.05) is 6.07 Å². The minimum atomic E-state index is -0.766. The number of benzene rings is 1. The molecule has 0 saturated carbocycles. The van der Waals surface area contributed by atoms with Crippen LogP contribution in [0.1, 0.15) is 12.0 Å². The standard InChI is InChI=1S/C13H17N3O2/c1-16-9-15-11-8-10(2-3-12(11)16)4-6-14-7-5-13(17)18/h2-3,8-9,14H,4-7H2,1H3,(H,17,18). The van der Waals surface area contributed by atoms with Gasteiger partial charge in [-0.3, -0.25) is 4.79 Å². The molecule has 0 bridgehead atoms. The molecule has 0 spiro atoms. The molecule has 1 aromatic heterocycles. The first kappa shape index (κ1) is 12.6. The summed E-state index contributed by atoms with van der Waals surface area (Å²) in [6.07, 6.45) is 2.85. The Hall–Kier alpha value is -1.88. The summed E-state index contributed by atoms with van der Waals surface area (Å²) in [6, 6.07) is 6.23. The fraction of sp³-hybridized carbons (Fsp3) is 0.385. The molecule has 5 heteroatoms. The van der Waals surface area contributed by atoms with Gasteiger partial charge < -0.3 is 15.0 Å². The first-order valence-corrected chi connectivity index (χ1v) is 5.99. The maximum Gasteiger partial charge on any atom is 0.304 e. The van der Waals surface area contributed by atoms with Crippen molar-refractivity contribution in [2.75, 3.05) is 13.1 Å². The summed E-state index contributed by atoms with van der Waals surface area (Å²) in [5.41, 5.74) is 3.34. The number of carboxylic acids is 1. The Labute approximate surface area is 105 Å². The molecule has 1 aromatic carbocycles. The average Bonchev–Trinajstić information content (AvgIpc) is 2.70. The second kappa shape index (κ2) is 5.64. The molecule has 0 radical (unpaired) electrons. The molecule has 2 N–H and O–H groups in total. The SMILES string of the molecule is Cn1cnc2cc(CCNCCC(=O)O)ccc21. The zero-order chi connectivity index (χ0) is 13.0. The Morgan fingerprint density at radius 1 is 1.44 bits per heavy atom. The zero-order valence-electron chi connectivity index (χ0n) is 10.4. The van der Waals surface area contributed by atoms with E-state index in [4.69, 9.17) is 5.11 Å². The summed E-state index contributed by atoms with van der Waals surface area (Å²) in [4.78, 5) is 14.6. The van der Waals surface area contributed by atoms with Crippen molar-refractivity contribution in [3.05, 3.63) is 30.1 Å². The van der Waals surface area contributed by atoms with Gasteiger partial charge in [-0.2, -0.15) is 0 Å². The van der Waals surface area contributed by atoms with Crippen LogP contribution in [0.3, 0.4) is 0 Å². The maximum atomic E-state index is 10.3. The van der Waals surface area contributed by atoms with E-state index in [0.29, 0.717) is 6.54 Å². The summed E-state index contributed by atoms with van der Waals surface area (Å²) in [7, 11) is 1.97. The van der Waals surface area contributed by atoms with E-state index in [-0.39, 0.29) is 6.42 Å². The largest absolute Gasteiger partial charge is 0.481 e. The van der Waals surface area contributed by atoms with Gasteiger partial charge in [0.05, 0.1) is 23.8 Å². The molecule has 2 rings (SSSR count). The van der Waals surface area contributed by atoms with Crippen LogP contribution in [0.2, 0.25) is 0 Å². The van der Waals surface area contributed by atoms with Crippen LogP contribution in [0.5, 0.6) is 0 Å². The fourth-order valence-corrected chi connectivity index (χ4v) is 1.89. The average molecular weight is 247 g/mol. The quantitative estimate of drug-likeness (QED) is 0.752. The number of imidazole rings is 1. The summed E-state index contributed by atoms with van der Waals surface area (Å²) >= 11 is 0. The fourth-order valence-electron chi connectivity index (χ4n) is 1.89. The number of aryl methyl sites for hydroxylation is 1. The topological polar surface area (TPSA) is 67.2 Å². The van der Waals surface area contributed by atoms with Crippen LogP contribution in [0.4, 0.5) is 0 Å². The lowest BCUT2D eigenvalue weighted by molar-refractivity contribution is -0.136. The first-order valence-electron chi connectivity index (χ1n) is 5.99. The smallest absolute Gasteiger partial charge is 0.304 e. The molecule has 0 atom stereocenters. The number of aromatic nitrogens is 2. The van der Waals surface area contributed by atoms with Crippen LogP contribution < -0.4 is 5.32 Å². The van der Waals surface area contributed by atoms with Gasteiger partial charge in [0.15, 0.2) is 0 Å². The number of hydrogen-bond donors (Lipinski definition) is 2. The summed E-state index contributed by atoms with van der Waals surface area (Å²) in [5.74, 6) is -0.766. The maximum absolute atomic E-state index is 10.3. The number of rotatable bonds is 6. The Balaban J connectivity index is 1.86. The van der Waals surface area contributed by atoms with Crippen molar-refractivity contribution in [1.29, 1.82) is 0 Å². The van der Waals surface area contributed by atoms with E-state index in [1.165, 1.54) is 5.56 Å². The number of carboxylic acid groups (broad SMARTS) is 1. The van der Waals surface area contributed by atoms with Gasteiger partial charge in [0.2, 0.25) is 0 Å². The lowest BCUT2D eigenvalue weighted by Crippen LogP contribution is -2.20. The number of carbonyl (C=O) groups is 1. The van der Waals surface area contributed by atoms with Crippen molar-refractivity contribution >= 4 is 17.0 Å². The molecule has 0 unspecified atom stereocenters. The Kier molecular flexibility index (Phi) is 3.94. The number of aliphatic carboxylic acids is 1. The molecule has 0 amide bonds. The first-order chi connectivity index (χ1) is 8.66. The van der Waals surface area contributed by atoms with Gasteiger partial charge in [-0.15, -0.1) is 0 Å². The molecular formula is C13H17N3O2. The normalized spacial score (nSPS) is 10.9. The lowest BCUT2D eigenvalue weighted by atomic mass is 10.1. The predicted molar refractivity (Wildman–Crippen MR) is 69.5 cm³/mol. The molecule has 5 nitrogen and oxygen atoms in total. The highest BCUT2D eigenvalue weighted by Crippen LogP contribution is 2.13. The van der Waals surface area contributed by atoms with E-state index < -0.39 is 5.97 Å². The Bertz CT molecular complexity index is 548.